The molecule has 2 aromatic rings. The summed E-state index contributed by atoms with van der Waals surface area (Å²) in [6.07, 6.45) is -0.0211. The smallest absolute Gasteiger partial charge is 0.341 e. The molecule has 1 saturated carbocycles. The molecule has 1 saturated heterocycles. The number of hydrogen-bond acceptors (Lipinski definition) is 5. The van der Waals surface area contributed by atoms with Crippen LogP contribution in [-0.2, 0) is 11.0 Å². The van der Waals surface area contributed by atoms with Crippen LogP contribution in [0.25, 0.3) is 0 Å². The zero-order valence-corrected chi connectivity index (χ0v) is 15.9. The highest BCUT2D eigenvalue weighted by Gasteiger charge is 2.33. The monoisotopic (exact) mass is 411 g/mol. The number of benzene rings is 1. The van der Waals surface area contributed by atoms with Gasteiger partial charge in [0.1, 0.15) is 0 Å². The van der Waals surface area contributed by atoms with Crippen molar-refractivity contribution in [1.82, 2.24) is 14.8 Å². The Kier molecular flexibility index (Phi) is 5.22. The maximum Gasteiger partial charge on any atom is 0.416 e. The molecule has 2 aliphatic rings. The summed E-state index contributed by atoms with van der Waals surface area (Å²) in [6, 6.07) is 5.00. The van der Waals surface area contributed by atoms with Gasteiger partial charge in [-0.3, -0.25) is 9.36 Å². The predicted molar refractivity (Wildman–Crippen MR) is 101 cm³/mol. The molecule has 1 aromatic heterocycles. The van der Waals surface area contributed by atoms with E-state index in [2.05, 4.69) is 25.0 Å². The van der Waals surface area contributed by atoms with E-state index >= 15 is 0 Å². The average molecular weight is 411 g/mol. The lowest BCUT2D eigenvalue weighted by molar-refractivity contribution is -0.137. The number of nitrogens with zero attached hydrogens (tertiary/aromatic N) is 4. The first-order chi connectivity index (χ1) is 13.4. The Morgan fingerprint density at radius 3 is 2.64 bits per heavy atom. The molecule has 1 amide bonds. The number of carbonyl (C=O) groups excluding carboxylic acids is 1. The number of carbonyl (C=O) groups is 1. The lowest BCUT2D eigenvalue weighted by atomic mass is 10.2. The van der Waals surface area contributed by atoms with Gasteiger partial charge in [0.15, 0.2) is 5.16 Å². The number of alkyl halides is 3. The Morgan fingerprint density at radius 1 is 1.21 bits per heavy atom. The second-order valence-electron chi connectivity index (χ2n) is 6.99. The van der Waals surface area contributed by atoms with Gasteiger partial charge in [-0.2, -0.15) is 13.2 Å². The predicted octanol–water partition coefficient (Wildman–Crippen LogP) is 3.96. The van der Waals surface area contributed by atoms with Gasteiger partial charge in [0.2, 0.25) is 11.9 Å². The molecule has 28 heavy (non-hydrogen) atoms. The van der Waals surface area contributed by atoms with Gasteiger partial charge < -0.3 is 10.2 Å². The van der Waals surface area contributed by atoms with Crippen LogP contribution < -0.4 is 10.2 Å². The number of halogens is 3. The third kappa shape index (κ3) is 4.26. The summed E-state index contributed by atoms with van der Waals surface area (Å²) in [5.41, 5.74) is -0.663. The standard InChI is InChI=1S/C18H20F3N5OS/c19-18(20,21)12-4-3-5-13(10-12)22-15(27)11-28-17-24-23-16(25-8-1-2-9-25)26(17)14-6-7-14/h3-5,10,14H,1-2,6-9,11H2,(H,22,27). The molecule has 2 heterocycles. The van der Waals surface area contributed by atoms with Crippen molar-refractivity contribution in [2.75, 3.05) is 29.1 Å². The molecule has 0 spiro atoms. The summed E-state index contributed by atoms with van der Waals surface area (Å²) < 4.78 is 40.5. The SMILES string of the molecule is O=C(CSc1nnc(N2CCCC2)n1C1CC1)Nc1cccc(C(F)(F)F)c1. The summed E-state index contributed by atoms with van der Waals surface area (Å²) in [5, 5.41) is 11.8. The van der Waals surface area contributed by atoms with E-state index in [1.807, 2.05) is 0 Å². The van der Waals surface area contributed by atoms with Crippen LogP contribution >= 0.6 is 11.8 Å². The summed E-state index contributed by atoms with van der Waals surface area (Å²) in [5.74, 6) is 0.541. The molecule has 10 heteroatoms. The van der Waals surface area contributed by atoms with Gasteiger partial charge in [-0.05, 0) is 43.9 Å². The summed E-state index contributed by atoms with van der Waals surface area (Å²) in [4.78, 5) is 14.4. The highest BCUT2D eigenvalue weighted by molar-refractivity contribution is 7.99. The first kappa shape index (κ1) is 19.1. The Morgan fingerprint density at radius 2 is 1.96 bits per heavy atom. The minimum absolute atomic E-state index is 0.0566. The number of aromatic nitrogens is 3. The van der Waals surface area contributed by atoms with Crippen molar-refractivity contribution in [1.29, 1.82) is 0 Å². The molecule has 0 unspecified atom stereocenters. The van der Waals surface area contributed by atoms with Crippen molar-refractivity contribution in [2.24, 2.45) is 0 Å². The zero-order chi connectivity index (χ0) is 19.7. The van der Waals surface area contributed by atoms with E-state index in [1.54, 1.807) is 0 Å². The maximum atomic E-state index is 12.8. The molecule has 6 nitrogen and oxygen atoms in total. The fraction of sp³-hybridized carbons (Fsp3) is 0.500. The Labute approximate surface area is 164 Å². The van der Waals surface area contributed by atoms with E-state index in [9.17, 15) is 18.0 Å². The second kappa shape index (κ2) is 7.65. The van der Waals surface area contributed by atoms with E-state index in [0.29, 0.717) is 11.2 Å². The van der Waals surface area contributed by atoms with Crippen LogP contribution in [0.15, 0.2) is 29.4 Å². The molecular formula is C18H20F3N5OS. The fourth-order valence-corrected chi connectivity index (χ4v) is 4.05. The molecule has 1 aromatic carbocycles. The number of thioether (sulfide) groups is 1. The van der Waals surface area contributed by atoms with Gasteiger partial charge in [-0.1, -0.05) is 17.8 Å². The normalized spacial score (nSPS) is 17.2. The van der Waals surface area contributed by atoms with E-state index < -0.39 is 11.7 Å². The first-order valence-corrected chi connectivity index (χ1v) is 10.2. The van der Waals surface area contributed by atoms with Crippen LogP contribution in [-0.4, -0.2) is 39.5 Å². The Bertz CT molecular complexity index is 859. The van der Waals surface area contributed by atoms with E-state index in [-0.39, 0.29) is 17.3 Å². The van der Waals surface area contributed by atoms with E-state index in [0.717, 1.165) is 56.9 Å². The van der Waals surface area contributed by atoms with Crippen molar-refractivity contribution in [3.05, 3.63) is 29.8 Å². The number of amides is 1. The average Bonchev–Trinajstić information content (AvgIpc) is 3.17. The van der Waals surface area contributed by atoms with Crippen LogP contribution in [0, 0.1) is 0 Å². The second-order valence-corrected chi connectivity index (χ2v) is 7.94. The fourth-order valence-electron chi connectivity index (χ4n) is 3.25. The maximum absolute atomic E-state index is 12.8. The quantitative estimate of drug-likeness (QED) is 0.729. The number of hydrogen-bond donors (Lipinski definition) is 1. The van der Waals surface area contributed by atoms with Crippen molar-refractivity contribution in [3.63, 3.8) is 0 Å². The largest absolute Gasteiger partial charge is 0.416 e. The first-order valence-electron chi connectivity index (χ1n) is 9.21. The number of rotatable bonds is 6. The summed E-state index contributed by atoms with van der Waals surface area (Å²) >= 11 is 1.26. The summed E-state index contributed by atoms with van der Waals surface area (Å²) in [6.45, 7) is 1.93. The minimum Gasteiger partial charge on any atom is -0.341 e. The molecule has 0 radical (unpaired) electrons. The van der Waals surface area contributed by atoms with Crippen molar-refractivity contribution < 1.29 is 18.0 Å². The highest BCUT2D eigenvalue weighted by atomic mass is 32.2. The van der Waals surface area contributed by atoms with Gasteiger partial charge >= 0.3 is 6.18 Å². The number of nitrogens with one attached hydrogen (secondary N) is 1. The van der Waals surface area contributed by atoms with Gasteiger partial charge in [-0.15, -0.1) is 10.2 Å². The lowest BCUT2D eigenvalue weighted by Gasteiger charge is -2.17. The Hall–Kier alpha value is -2.23. The molecule has 0 atom stereocenters. The van der Waals surface area contributed by atoms with Crippen molar-refractivity contribution in [3.8, 4) is 0 Å². The molecule has 1 aliphatic heterocycles. The third-order valence-electron chi connectivity index (χ3n) is 4.75. The molecule has 0 bridgehead atoms. The molecule has 1 aliphatic carbocycles. The Balaban J connectivity index is 1.40. The van der Waals surface area contributed by atoms with Crippen LogP contribution in [0.5, 0.6) is 0 Å². The molecule has 2 fully saturated rings. The van der Waals surface area contributed by atoms with E-state index in [1.165, 1.54) is 23.9 Å². The van der Waals surface area contributed by atoms with Gasteiger partial charge in [0.25, 0.3) is 0 Å². The van der Waals surface area contributed by atoms with Crippen LogP contribution in [0.4, 0.5) is 24.8 Å². The van der Waals surface area contributed by atoms with E-state index in [4.69, 9.17) is 0 Å². The van der Waals surface area contributed by atoms with Crippen LogP contribution in [0.1, 0.15) is 37.3 Å². The third-order valence-corrected chi connectivity index (χ3v) is 5.70. The van der Waals surface area contributed by atoms with Crippen LogP contribution in [0.2, 0.25) is 0 Å². The molecule has 1 N–H and O–H groups in total. The van der Waals surface area contributed by atoms with Crippen molar-refractivity contribution in [2.45, 2.75) is 43.1 Å². The minimum atomic E-state index is -4.44. The van der Waals surface area contributed by atoms with Crippen LogP contribution in [0.3, 0.4) is 0 Å². The topological polar surface area (TPSA) is 63.1 Å². The lowest BCUT2D eigenvalue weighted by Crippen LogP contribution is -2.22. The van der Waals surface area contributed by atoms with Crippen molar-refractivity contribution >= 4 is 29.3 Å². The highest BCUT2D eigenvalue weighted by Crippen LogP contribution is 2.41. The molecule has 150 valence electrons. The van der Waals surface area contributed by atoms with Gasteiger partial charge in [0, 0.05) is 24.8 Å². The summed E-state index contributed by atoms with van der Waals surface area (Å²) in [7, 11) is 0. The molecule has 4 rings (SSSR count). The zero-order valence-electron chi connectivity index (χ0n) is 15.1. The number of anilines is 2. The van der Waals surface area contributed by atoms with Gasteiger partial charge in [-0.25, -0.2) is 0 Å². The molecular weight excluding hydrogens is 391 g/mol. The van der Waals surface area contributed by atoms with Gasteiger partial charge in [0.05, 0.1) is 11.3 Å².